The Balaban J connectivity index is 2.13. The fourth-order valence-electron chi connectivity index (χ4n) is 2.10. The molecule has 0 aliphatic carbocycles. The molecule has 3 nitrogen and oxygen atoms in total. The van der Waals surface area contributed by atoms with Gasteiger partial charge >= 0.3 is 0 Å². The molecule has 0 saturated carbocycles. The molecule has 0 spiro atoms. The van der Waals surface area contributed by atoms with E-state index in [4.69, 9.17) is 4.74 Å². The molecule has 0 fully saturated rings. The van der Waals surface area contributed by atoms with Crippen LogP contribution in [0.2, 0.25) is 0 Å². The predicted molar refractivity (Wildman–Crippen MR) is 90.2 cm³/mol. The second-order valence-corrected chi connectivity index (χ2v) is 6.12. The maximum Gasteiger partial charge on any atom is 0.172 e. The van der Waals surface area contributed by atoms with Crippen LogP contribution in [0.15, 0.2) is 40.9 Å². The van der Waals surface area contributed by atoms with Crippen molar-refractivity contribution >= 4 is 21.6 Å². The topological polar surface area (TPSA) is 41.5 Å². The van der Waals surface area contributed by atoms with Gasteiger partial charge in [0, 0.05) is 12.2 Å². The van der Waals surface area contributed by atoms with Crippen LogP contribution >= 0.6 is 15.9 Å². The summed E-state index contributed by atoms with van der Waals surface area (Å²) in [6.45, 7) is 5.03. The molecule has 0 aromatic heterocycles. The second-order valence-electron chi connectivity index (χ2n) is 5.26. The number of halogens is 1. The number of methoxy groups -OCH3 is 1. The molecule has 2 aromatic carbocycles. The third kappa shape index (κ3) is 3.91. The van der Waals surface area contributed by atoms with Crippen LogP contribution in [0.1, 0.15) is 30.9 Å². The van der Waals surface area contributed by atoms with E-state index in [-0.39, 0.29) is 5.75 Å². The Morgan fingerprint density at radius 3 is 2.67 bits per heavy atom. The standard InChI is InChI=1S/C17H20BrNO2/c1-11(2)13-5-4-6-14(9-13)19-10-12-7-15(18)17(20)16(8-12)21-3/h4-9,11,19-20H,10H2,1-3H3. The summed E-state index contributed by atoms with van der Waals surface area (Å²) in [7, 11) is 1.55. The summed E-state index contributed by atoms with van der Waals surface area (Å²) in [5, 5.41) is 13.2. The number of aromatic hydroxyl groups is 1. The van der Waals surface area contributed by atoms with Crippen molar-refractivity contribution in [1.29, 1.82) is 0 Å². The second kappa shape index (κ2) is 6.85. The van der Waals surface area contributed by atoms with Gasteiger partial charge in [0.15, 0.2) is 11.5 Å². The Morgan fingerprint density at radius 2 is 2.00 bits per heavy atom. The molecule has 21 heavy (non-hydrogen) atoms. The summed E-state index contributed by atoms with van der Waals surface area (Å²) in [6.07, 6.45) is 0. The summed E-state index contributed by atoms with van der Waals surface area (Å²) < 4.78 is 5.80. The molecule has 112 valence electrons. The molecule has 0 unspecified atom stereocenters. The third-order valence-corrected chi connectivity index (χ3v) is 3.96. The zero-order valence-electron chi connectivity index (χ0n) is 12.5. The van der Waals surface area contributed by atoms with Crippen molar-refractivity contribution in [3.8, 4) is 11.5 Å². The summed E-state index contributed by atoms with van der Waals surface area (Å²) >= 11 is 3.34. The van der Waals surface area contributed by atoms with Crippen molar-refractivity contribution in [2.75, 3.05) is 12.4 Å². The number of phenolic OH excluding ortho intramolecular Hbond substituents is 1. The Morgan fingerprint density at radius 1 is 1.24 bits per heavy atom. The van der Waals surface area contributed by atoms with Crippen molar-refractivity contribution in [1.82, 2.24) is 0 Å². The predicted octanol–water partition coefficient (Wildman–Crippen LogP) is 4.90. The van der Waals surface area contributed by atoms with E-state index in [9.17, 15) is 5.11 Å². The average molecular weight is 350 g/mol. The number of ether oxygens (including phenoxy) is 1. The zero-order chi connectivity index (χ0) is 15.4. The Kier molecular flexibility index (Phi) is 5.12. The van der Waals surface area contributed by atoms with Crippen LogP contribution in [-0.4, -0.2) is 12.2 Å². The Bertz CT molecular complexity index is 626. The van der Waals surface area contributed by atoms with E-state index in [1.165, 1.54) is 5.56 Å². The van der Waals surface area contributed by atoms with Gasteiger partial charge < -0.3 is 15.2 Å². The highest BCUT2D eigenvalue weighted by Gasteiger charge is 2.08. The highest BCUT2D eigenvalue weighted by molar-refractivity contribution is 9.10. The first-order chi connectivity index (χ1) is 10.0. The highest BCUT2D eigenvalue weighted by Crippen LogP contribution is 2.35. The fraction of sp³-hybridized carbons (Fsp3) is 0.294. The molecule has 0 radical (unpaired) electrons. The number of anilines is 1. The summed E-state index contributed by atoms with van der Waals surface area (Å²) in [5.74, 6) is 1.11. The lowest BCUT2D eigenvalue weighted by molar-refractivity contribution is 0.371. The lowest BCUT2D eigenvalue weighted by atomic mass is 10.0. The SMILES string of the molecule is COc1cc(CNc2cccc(C(C)C)c2)cc(Br)c1O. The van der Waals surface area contributed by atoms with E-state index in [0.717, 1.165) is 11.3 Å². The van der Waals surface area contributed by atoms with E-state index < -0.39 is 0 Å². The summed E-state index contributed by atoms with van der Waals surface area (Å²) in [5.41, 5.74) is 3.43. The van der Waals surface area contributed by atoms with Crippen LogP contribution in [0.25, 0.3) is 0 Å². The maximum absolute atomic E-state index is 9.81. The van der Waals surface area contributed by atoms with Crippen molar-refractivity contribution < 1.29 is 9.84 Å². The third-order valence-electron chi connectivity index (χ3n) is 3.36. The molecular formula is C17H20BrNO2. The largest absolute Gasteiger partial charge is 0.503 e. The van der Waals surface area contributed by atoms with Crippen LogP contribution in [-0.2, 0) is 6.54 Å². The minimum atomic E-state index is 0.128. The molecule has 0 aliphatic heterocycles. The number of rotatable bonds is 5. The molecule has 0 heterocycles. The summed E-state index contributed by atoms with van der Waals surface area (Å²) in [4.78, 5) is 0. The fourth-order valence-corrected chi connectivity index (χ4v) is 2.59. The van der Waals surface area contributed by atoms with Crippen LogP contribution in [0.5, 0.6) is 11.5 Å². The van der Waals surface area contributed by atoms with Gasteiger partial charge in [-0.15, -0.1) is 0 Å². The van der Waals surface area contributed by atoms with E-state index in [1.54, 1.807) is 7.11 Å². The number of hydrogen-bond donors (Lipinski definition) is 2. The first-order valence-electron chi connectivity index (χ1n) is 6.90. The maximum atomic E-state index is 9.81. The number of phenols is 1. The van der Waals surface area contributed by atoms with E-state index in [1.807, 2.05) is 12.1 Å². The van der Waals surface area contributed by atoms with E-state index in [2.05, 4.69) is 59.4 Å². The first-order valence-corrected chi connectivity index (χ1v) is 7.69. The lowest BCUT2D eigenvalue weighted by Gasteiger charge is -2.12. The van der Waals surface area contributed by atoms with Crippen molar-refractivity contribution in [3.05, 3.63) is 52.0 Å². The van der Waals surface area contributed by atoms with Crippen LogP contribution in [0, 0.1) is 0 Å². The summed E-state index contributed by atoms with van der Waals surface area (Å²) in [6, 6.07) is 12.1. The van der Waals surface area contributed by atoms with Gasteiger partial charge in [-0.2, -0.15) is 0 Å². The van der Waals surface area contributed by atoms with Gasteiger partial charge in [-0.3, -0.25) is 0 Å². The minimum absolute atomic E-state index is 0.128. The van der Waals surface area contributed by atoms with Crippen molar-refractivity contribution in [3.63, 3.8) is 0 Å². The molecule has 0 saturated heterocycles. The van der Waals surface area contributed by atoms with E-state index >= 15 is 0 Å². The Hall–Kier alpha value is -1.68. The monoisotopic (exact) mass is 349 g/mol. The van der Waals surface area contributed by atoms with Crippen molar-refractivity contribution in [2.45, 2.75) is 26.3 Å². The quantitative estimate of drug-likeness (QED) is 0.806. The lowest BCUT2D eigenvalue weighted by Crippen LogP contribution is -2.01. The molecule has 2 rings (SSSR count). The van der Waals surface area contributed by atoms with Gasteiger partial charge in [-0.05, 0) is 57.2 Å². The molecule has 2 aromatic rings. The number of benzene rings is 2. The molecule has 4 heteroatoms. The first kappa shape index (κ1) is 15.7. The van der Waals surface area contributed by atoms with Gasteiger partial charge in [0.2, 0.25) is 0 Å². The van der Waals surface area contributed by atoms with Gasteiger partial charge in [-0.25, -0.2) is 0 Å². The highest BCUT2D eigenvalue weighted by atomic mass is 79.9. The smallest absolute Gasteiger partial charge is 0.172 e. The average Bonchev–Trinajstić information content (AvgIpc) is 2.48. The number of nitrogens with one attached hydrogen (secondary N) is 1. The van der Waals surface area contributed by atoms with Gasteiger partial charge in [-0.1, -0.05) is 26.0 Å². The molecule has 2 N–H and O–H groups in total. The molecule has 0 amide bonds. The van der Waals surface area contributed by atoms with Crippen molar-refractivity contribution in [2.24, 2.45) is 0 Å². The minimum Gasteiger partial charge on any atom is -0.503 e. The number of hydrogen-bond acceptors (Lipinski definition) is 3. The van der Waals surface area contributed by atoms with Gasteiger partial charge in [0.05, 0.1) is 11.6 Å². The molecular weight excluding hydrogens is 330 g/mol. The molecule has 0 atom stereocenters. The van der Waals surface area contributed by atoms with E-state index in [0.29, 0.717) is 22.7 Å². The van der Waals surface area contributed by atoms with Crippen LogP contribution in [0.3, 0.4) is 0 Å². The normalized spacial score (nSPS) is 10.7. The van der Waals surface area contributed by atoms with Gasteiger partial charge in [0.25, 0.3) is 0 Å². The molecule has 0 bridgehead atoms. The Labute approximate surface area is 134 Å². The van der Waals surface area contributed by atoms with Gasteiger partial charge in [0.1, 0.15) is 0 Å². The molecule has 0 aliphatic rings. The zero-order valence-corrected chi connectivity index (χ0v) is 14.1. The van der Waals surface area contributed by atoms with Crippen LogP contribution < -0.4 is 10.1 Å². The van der Waals surface area contributed by atoms with Crippen LogP contribution in [0.4, 0.5) is 5.69 Å².